The van der Waals surface area contributed by atoms with Crippen molar-refractivity contribution in [1.82, 2.24) is 10.2 Å². The molecule has 0 unspecified atom stereocenters. The largest absolute Gasteiger partial charge is 0.477 e. The maximum atomic E-state index is 13.6. The Kier molecular flexibility index (Phi) is 3.34. The van der Waals surface area contributed by atoms with E-state index in [1.54, 1.807) is 6.07 Å². The van der Waals surface area contributed by atoms with E-state index in [0.29, 0.717) is 23.2 Å². The lowest BCUT2D eigenvalue weighted by atomic mass is 10.1. The molecule has 18 heavy (non-hydrogen) atoms. The van der Waals surface area contributed by atoms with Gasteiger partial charge in [0.2, 0.25) is 0 Å². The highest BCUT2D eigenvalue weighted by atomic mass is 35.5. The van der Waals surface area contributed by atoms with Gasteiger partial charge >= 0.3 is 5.97 Å². The summed E-state index contributed by atoms with van der Waals surface area (Å²) in [5, 5.41) is 15.0. The van der Waals surface area contributed by atoms with Gasteiger partial charge in [0.25, 0.3) is 0 Å². The fraction of sp³-hybridized carbons (Fsp3) is 0.167. The van der Waals surface area contributed by atoms with Gasteiger partial charge in [0.05, 0.1) is 10.7 Å². The van der Waals surface area contributed by atoms with Crippen molar-refractivity contribution in [3.05, 3.63) is 40.3 Å². The molecule has 0 saturated heterocycles. The molecule has 2 aromatic rings. The number of halogens is 2. The van der Waals surface area contributed by atoms with Gasteiger partial charge in [-0.25, -0.2) is 9.18 Å². The van der Waals surface area contributed by atoms with E-state index in [4.69, 9.17) is 16.7 Å². The number of aromatic amines is 1. The van der Waals surface area contributed by atoms with Crippen molar-refractivity contribution in [2.24, 2.45) is 0 Å². The molecule has 0 atom stereocenters. The minimum absolute atomic E-state index is 0.00391. The summed E-state index contributed by atoms with van der Waals surface area (Å²) in [5.74, 6) is -1.55. The lowest BCUT2D eigenvalue weighted by Crippen LogP contribution is -1.95. The van der Waals surface area contributed by atoms with E-state index in [2.05, 4.69) is 10.2 Å². The summed E-state index contributed by atoms with van der Waals surface area (Å²) in [6.07, 6.45) is 0.496. The monoisotopic (exact) mass is 268 g/mol. The van der Waals surface area contributed by atoms with Crippen LogP contribution in [-0.2, 0) is 6.42 Å². The smallest absolute Gasteiger partial charge is 0.353 e. The Bertz CT molecular complexity index is 610. The molecule has 6 heteroatoms. The number of carboxylic acids is 1. The van der Waals surface area contributed by atoms with Crippen LogP contribution in [-0.4, -0.2) is 21.3 Å². The van der Waals surface area contributed by atoms with E-state index in [-0.39, 0.29) is 10.7 Å². The summed E-state index contributed by atoms with van der Waals surface area (Å²) in [5.41, 5.74) is 1.45. The molecule has 4 nitrogen and oxygen atoms in total. The van der Waals surface area contributed by atoms with Crippen molar-refractivity contribution < 1.29 is 14.3 Å². The molecule has 0 bridgehead atoms. The lowest BCUT2D eigenvalue weighted by molar-refractivity contribution is 0.0690. The van der Waals surface area contributed by atoms with Crippen LogP contribution in [0.1, 0.15) is 23.0 Å². The lowest BCUT2D eigenvalue weighted by Gasteiger charge is -2.05. The Labute approximate surface area is 107 Å². The zero-order valence-corrected chi connectivity index (χ0v) is 10.3. The zero-order chi connectivity index (χ0) is 13.3. The molecule has 1 aromatic carbocycles. The minimum atomic E-state index is -1.10. The first-order valence-electron chi connectivity index (χ1n) is 5.30. The van der Waals surface area contributed by atoms with Crippen LogP contribution in [0.25, 0.3) is 11.3 Å². The standard InChI is InChI=1S/C12H10ClFN2O2/c1-2-6-3-7(4-8(13)11(6)14)9-5-10(12(17)18)16-15-9/h3-5H,2H2,1H3,(H,15,16)(H,17,18). The molecule has 0 radical (unpaired) electrons. The third-order valence-corrected chi connectivity index (χ3v) is 2.86. The molecule has 0 amide bonds. The number of hydrogen-bond donors (Lipinski definition) is 2. The molecule has 1 aromatic heterocycles. The van der Waals surface area contributed by atoms with Crippen molar-refractivity contribution in [3.8, 4) is 11.3 Å². The van der Waals surface area contributed by atoms with Gasteiger partial charge in [-0.3, -0.25) is 5.10 Å². The summed E-state index contributed by atoms with van der Waals surface area (Å²) in [6.45, 7) is 1.81. The van der Waals surface area contributed by atoms with Gasteiger partial charge < -0.3 is 5.11 Å². The number of hydrogen-bond acceptors (Lipinski definition) is 2. The normalized spacial score (nSPS) is 10.6. The number of carbonyl (C=O) groups is 1. The van der Waals surface area contributed by atoms with Crippen LogP contribution in [0.5, 0.6) is 0 Å². The quantitative estimate of drug-likeness (QED) is 0.899. The number of benzene rings is 1. The molecule has 94 valence electrons. The minimum Gasteiger partial charge on any atom is -0.477 e. The Hall–Kier alpha value is -1.88. The molecule has 0 aliphatic carbocycles. The van der Waals surface area contributed by atoms with Crippen LogP contribution in [0.4, 0.5) is 4.39 Å². The summed E-state index contributed by atoms with van der Waals surface area (Å²) in [7, 11) is 0. The van der Waals surface area contributed by atoms with Crippen molar-refractivity contribution in [2.45, 2.75) is 13.3 Å². The SMILES string of the molecule is CCc1cc(-c2cc(C(=O)O)[nH]n2)cc(Cl)c1F. The molecule has 0 aliphatic rings. The first-order chi connectivity index (χ1) is 8.52. The van der Waals surface area contributed by atoms with Crippen molar-refractivity contribution in [2.75, 3.05) is 0 Å². The number of nitrogens with zero attached hydrogens (tertiary/aromatic N) is 1. The van der Waals surface area contributed by atoms with Gasteiger partial charge in [0.15, 0.2) is 0 Å². The van der Waals surface area contributed by atoms with Gasteiger partial charge in [-0.2, -0.15) is 5.10 Å². The van der Waals surface area contributed by atoms with E-state index >= 15 is 0 Å². The van der Waals surface area contributed by atoms with Gasteiger partial charge in [-0.1, -0.05) is 18.5 Å². The van der Waals surface area contributed by atoms with Gasteiger partial charge in [-0.15, -0.1) is 0 Å². The van der Waals surface area contributed by atoms with Gasteiger partial charge in [0, 0.05) is 5.56 Å². The second-order valence-corrected chi connectivity index (χ2v) is 4.16. The fourth-order valence-corrected chi connectivity index (χ4v) is 1.87. The van der Waals surface area contributed by atoms with Crippen molar-refractivity contribution >= 4 is 17.6 Å². The second kappa shape index (κ2) is 4.78. The molecular weight excluding hydrogens is 259 g/mol. The molecule has 2 rings (SSSR count). The first-order valence-corrected chi connectivity index (χ1v) is 5.67. The zero-order valence-electron chi connectivity index (χ0n) is 9.50. The predicted molar refractivity (Wildman–Crippen MR) is 65.3 cm³/mol. The molecule has 0 spiro atoms. The molecule has 0 saturated carbocycles. The van der Waals surface area contributed by atoms with Gasteiger partial charge in [-0.05, 0) is 30.2 Å². The summed E-state index contributed by atoms with van der Waals surface area (Å²) >= 11 is 5.79. The average molecular weight is 269 g/mol. The average Bonchev–Trinajstić information content (AvgIpc) is 2.82. The fourth-order valence-electron chi connectivity index (χ4n) is 1.63. The summed E-state index contributed by atoms with van der Waals surface area (Å²) < 4.78 is 13.6. The Morgan fingerprint density at radius 1 is 1.50 bits per heavy atom. The Morgan fingerprint density at radius 2 is 2.22 bits per heavy atom. The highest BCUT2D eigenvalue weighted by molar-refractivity contribution is 6.31. The van der Waals surface area contributed by atoms with E-state index in [1.165, 1.54) is 12.1 Å². The van der Waals surface area contributed by atoms with E-state index in [1.807, 2.05) is 6.92 Å². The number of aromatic carboxylic acids is 1. The van der Waals surface area contributed by atoms with Gasteiger partial charge in [0.1, 0.15) is 11.5 Å². The number of nitrogens with one attached hydrogen (secondary N) is 1. The molecule has 0 aliphatic heterocycles. The molecule has 1 heterocycles. The number of carboxylic acid groups (broad SMARTS) is 1. The van der Waals surface area contributed by atoms with Crippen LogP contribution < -0.4 is 0 Å². The van der Waals surface area contributed by atoms with E-state index in [0.717, 1.165) is 0 Å². The van der Waals surface area contributed by atoms with Crippen LogP contribution >= 0.6 is 11.6 Å². The van der Waals surface area contributed by atoms with E-state index in [9.17, 15) is 9.18 Å². The highest BCUT2D eigenvalue weighted by Crippen LogP contribution is 2.27. The van der Waals surface area contributed by atoms with Crippen LogP contribution in [0, 0.1) is 5.82 Å². The van der Waals surface area contributed by atoms with Crippen LogP contribution in [0.15, 0.2) is 18.2 Å². The topological polar surface area (TPSA) is 66.0 Å². The molecular formula is C12H10ClFN2O2. The maximum absolute atomic E-state index is 13.6. The third kappa shape index (κ3) is 2.22. The highest BCUT2D eigenvalue weighted by Gasteiger charge is 2.13. The number of H-pyrrole nitrogens is 1. The predicted octanol–water partition coefficient (Wildman–Crippen LogP) is 3.13. The second-order valence-electron chi connectivity index (χ2n) is 3.76. The third-order valence-electron chi connectivity index (χ3n) is 2.59. The number of aryl methyl sites for hydroxylation is 1. The van der Waals surface area contributed by atoms with Crippen LogP contribution in [0.2, 0.25) is 5.02 Å². The van der Waals surface area contributed by atoms with Crippen LogP contribution in [0.3, 0.4) is 0 Å². The van der Waals surface area contributed by atoms with Crippen molar-refractivity contribution in [1.29, 1.82) is 0 Å². The van der Waals surface area contributed by atoms with Crippen molar-refractivity contribution in [3.63, 3.8) is 0 Å². The molecule has 0 fully saturated rings. The Morgan fingerprint density at radius 3 is 2.78 bits per heavy atom. The number of aromatic nitrogens is 2. The summed E-state index contributed by atoms with van der Waals surface area (Å²) in [6, 6.07) is 4.42. The molecule has 2 N–H and O–H groups in total. The maximum Gasteiger partial charge on any atom is 0.353 e. The number of rotatable bonds is 3. The summed E-state index contributed by atoms with van der Waals surface area (Å²) in [4.78, 5) is 10.7. The first kappa shape index (κ1) is 12.6. The van der Waals surface area contributed by atoms with E-state index < -0.39 is 11.8 Å². The Balaban J connectivity index is 2.50.